The zero-order chi connectivity index (χ0) is 18.2. The number of hydrogen-bond acceptors (Lipinski definition) is 4. The second kappa shape index (κ2) is 11.1. The van der Waals surface area contributed by atoms with Crippen LogP contribution < -0.4 is 20.5 Å². The first-order valence-electron chi connectivity index (χ1n) is 7.65. The van der Waals surface area contributed by atoms with Gasteiger partial charge in [-0.25, -0.2) is 0 Å². The second-order valence-corrected chi connectivity index (χ2v) is 5.57. The second-order valence-electron chi connectivity index (χ2n) is 5.17. The molecule has 1 atom stereocenters. The molecule has 0 aromatic heterocycles. The first-order valence-corrected chi connectivity index (χ1v) is 8.03. The van der Waals surface area contributed by atoms with Crippen LogP contribution in [-0.4, -0.2) is 33.8 Å². The van der Waals surface area contributed by atoms with Crippen LogP contribution >= 0.6 is 35.6 Å². The van der Waals surface area contributed by atoms with E-state index in [1.165, 1.54) is 0 Å². The summed E-state index contributed by atoms with van der Waals surface area (Å²) >= 11 is 6.20. The summed E-state index contributed by atoms with van der Waals surface area (Å²) in [5.41, 5.74) is 7.58. The van der Waals surface area contributed by atoms with Crippen LogP contribution in [0, 0.1) is 0 Å². The molecule has 1 unspecified atom stereocenters. The highest BCUT2D eigenvalue weighted by atomic mass is 127. The highest BCUT2D eigenvalue weighted by molar-refractivity contribution is 14.0. The van der Waals surface area contributed by atoms with Gasteiger partial charge in [-0.3, -0.25) is 4.99 Å². The summed E-state index contributed by atoms with van der Waals surface area (Å²) in [5.74, 6) is 1.51. The molecule has 0 saturated heterocycles. The van der Waals surface area contributed by atoms with E-state index in [1.54, 1.807) is 33.5 Å². The lowest BCUT2D eigenvalue weighted by Crippen LogP contribution is -2.24. The maximum atomic E-state index is 6.20. The SMILES string of the molecule is COc1ccc(NC(N)=NCC(OC)c2ccccc2Cl)cc1OC.I. The minimum absolute atomic E-state index is 0. The van der Waals surface area contributed by atoms with E-state index in [9.17, 15) is 0 Å². The number of nitrogens with two attached hydrogens (primary N) is 1. The van der Waals surface area contributed by atoms with Crippen molar-refractivity contribution in [2.45, 2.75) is 6.10 Å². The highest BCUT2D eigenvalue weighted by Gasteiger charge is 2.13. The van der Waals surface area contributed by atoms with Crippen LogP contribution in [0.15, 0.2) is 47.5 Å². The number of halogens is 2. The molecule has 8 heteroatoms. The fourth-order valence-electron chi connectivity index (χ4n) is 2.32. The molecule has 0 radical (unpaired) electrons. The van der Waals surface area contributed by atoms with Crippen LogP contribution in [0.25, 0.3) is 0 Å². The molecule has 26 heavy (non-hydrogen) atoms. The lowest BCUT2D eigenvalue weighted by atomic mass is 10.1. The number of nitrogens with zero attached hydrogens (tertiary/aromatic N) is 1. The van der Waals surface area contributed by atoms with Crippen molar-refractivity contribution >= 4 is 47.2 Å². The minimum Gasteiger partial charge on any atom is -0.493 e. The van der Waals surface area contributed by atoms with E-state index in [4.69, 9.17) is 31.5 Å². The number of rotatable bonds is 7. The van der Waals surface area contributed by atoms with E-state index in [1.807, 2.05) is 30.3 Å². The molecule has 6 nitrogen and oxygen atoms in total. The third kappa shape index (κ3) is 5.93. The Balaban J connectivity index is 0.00000338. The molecule has 2 aromatic rings. The first kappa shape index (κ1) is 22.3. The summed E-state index contributed by atoms with van der Waals surface area (Å²) in [6, 6.07) is 12.9. The predicted octanol–water partition coefficient (Wildman–Crippen LogP) is 4.09. The lowest BCUT2D eigenvalue weighted by molar-refractivity contribution is 0.111. The van der Waals surface area contributed by atoms with E-state index in [-0.39, 0.29) is 36.0 Å². The third-order valence-corrected chi connectivity index (χ3v) is 3.96. The number of benzene rings is 2. The standard InChI is InChI=1S/C18H22ClN3O3.HI/c1-23-15-9-8-12(10-16(15)24-2)22-18(20)21-11-17(25-3)13-6-4-5-7-14(13)19;/h4-10,17H,11H2,1-3H3,(H3,20,21,22);1H. The Morgan fingerprint density at radius 2 is 1.81 bits per heavy atom. The molecule has 0 bridgehead atoms. The topological polar surface area (TPSA) is 78.1 Å². The van der Waals surface area contributed by atoms with Crippen molar-refractivity contribution in [3.05, 3.63) is 53.1 Å². The third-order valence-electron chi connectivity index (χ3n) is 3.62. The van der Waals surface area contributed by atoms with E-state index < -0.39 is 0 Å². The molecule has 0 amide bonds. The fourth-order valence-corrected chi connectivity index (χ4v) is 2.58. The summed E-state index contributed by atoms with van der Waals surface area (Å²) in [5, 5.41) is 3.65. The van der Waals surface area contributed by atoms with Gasteiger partial charge in [0.15, 0.2) is 17.5 Å². The number of guanidine groups is 1. The zero-order valence-electron chi connectivity index (χ0n) is 14.9. The maximum absolute atomic E-state index is 6.20. The van der Waals surface area contributed by atoms with Gasteiger partial charge in [0.25, 0.3) is 0 Å². The van der Waals surface area contributed by atoms with Gasteiger partial charge in [-0.15, -0.1) is 24.0 Å². The Morgan fingerprint density at radius 3 is 2.42 bits per heavy atom. The number of ether oxygens (including phenoxy) is 3. The van der Waals surface area contributed by atoms with Crippen LogP contribution in [0.4, 0.5) is 5.69 Å². The first-order chi connectivity index (χ1) is 12.1. The van der Waals surface area contributed by atoms with Gasteiger partial charge in [0.1, 0.15) is 6.10 Å². The number of hydrogen-bond donors (Lipinski definition) is 2. The number of aliphatic imine (C=N–C) groups is 1. The van der Waals surface area contributed by atoms with Crippen molar-refractivity contribution in [3.8, 4) is 11.5 Å². The van der Waals surface area contributed by atoms with E-state index >= 15 is 0 Å². The average Bonchev–Trinajstić information content (AvgIpc) is 2.63. The van der Waals surface area contributed by atoms with Crippen LogP contribution in [-0.2, 0) is 4.74 Å². The Hall–Kier alpha value is -1.71. The molecule has 0 aliphatic carbocycles. The molecular weight excluding hydrogens is 469 g/mol. The largest absolute Gasteiger partial charge is 0.493 e. The molecule has 0 fully saturated rings. The van der Waals surface area contributed by atoms with Crippen LogP contribution in [0.1, 0.15) is 11.7 Å². The van der Waals surface area contributed by atoms with Crippen LogP contribution in [0.3, 0.4) is 0 Å². The predicted molar refractivity (Wildman–Crippen MR) is 116 cm³/mol. The van der Waals surface area contributed by atoms with Gasteiger partial charge in [0, 0.05) is 29.4 Å². The summed E-state index contributed by atoms with van der Waals surface area (Å²) < 4.78 is 15.9. The highest BCUT2D eigenvalue weighted by Crippen LogP contribution is 2.29. The summed E-state index contributed by atoms with van der Waals surface area (Å²) in [6.45, 7) is 0.340. The molecular formula is C18H23ClIN3O3. The normalized spacial score (nSPS) is 12.1. The minimum atomic E-state index is -0.278. The van der Waals surface area contributed by atoms with Gasteiger partial charge in [-0.1, -0.05) is 29.8 Å². The molecule has 0 aliphatic heterocycles. The van der Waals surface area contributed by atoms with Gasteiger partial charge in [-0.2, -0.15) is 0 Å². The van der Waals surface area contributed by atoms with Gasteiger partial charge in [0.05, 0.1) is 20.8 Å². The Labute approximate surface area is 175 Å². The van der Waals surface area contributed by atoms with Gasteiger partial charge < -0.3 is 25.3 Å². The Bertz CT molecular complexity index is 743. The molecule has 2 rings (SSSR count). The monoisotopic (exact) mass is 491 g/mol. The van der Waals surface area contributed by atoms with Gasteiger partial charge >= 0.3 is 0 Å². The summed E-state index contributed by atoms with van der Waals surface area (Å²) in [4.78, 5) is 4.33. The average molecular weight is 492 g/mol. The molecule has 0 heterocycles. The quantitative estimate of drug-likeness (QED) is 0.347. The van der Waals surface area contributed by atoms with Gasteiger partial charge in [0.2, 0.25) is 0 Å². The van der Waals surface area contributed by atoms with E-state index in [0.717, 1.165) is 11.3 Å². The van der Waals surface area contributed by atoms with E-state index in [0.29, 0.717) is 23.1 Å². The van der Waals surface area contributed by atoms with Crippen molar-refractivity contribution in [2.75, 3.05) is 33.2 Å². The van der Waals surface area contributed by atoms with Crippen LogP contribution in [0.5, 0.6) is 11.5 Å². The van der Waals surface area contributed by atoms with Crippen molar-refractivity contribution in [1.29, 1.82) is 0 Å². The van der Waals surface area contributed by atoms with Crippen LogP contribution in [0.2, 0.25) is 5.02 Å². The van der Waals surface area contributed by atoms with Crippen molar-refractivity contribution in [1.82, 2.24) is 0 Å². The van der Waals surface area contributed by atoms with Gasteiger partial charge in [-0.05, 0) is 18.2 Å². The number of methoxy groups -OCH3 is 3. The summed E-state index contributed by atoms with van der Waals surface area (Å²) in [7, 11) is 4.77. The summed E-state index contributed by atoms with van der Waals surface area (Å²) in [6.07, 6.45) is -0.278. The lowest BCUT2D eigenvalue weighted by Gasteiger charge is -2.15. The molecule has 0 saturated carbocycles. The maximum Gasteiger partial charge on any atom is 0.193 e. The smallest absolute Gasteiger partial charge is 0.193 e. The zero-order valence-corrected chi connectivity index (χ0v) is 17.9. The van der Waals surface area contributed by atoms with Crippen molar-refractivity contribution in [3.63, 3.8) is 0 Å². The molecule has 0 aliphatic rings. The molecule has 0 spiro atoms. The van der Waals surface area contributed by atoms with Crippen molar-refractivity contribution in [2.24, 2.45) is 10.7 Å². The molecule has 3 N–H and O–H groups in total. The number of anilines is 1. The molecule has 2 aromatic carbocycles. The molecule has 142 valence electrons. The Morgan fingerprint density at radius 1 is 1.12 bits per heavy atom. The van der Waals surface area contributed by atoms with Crippen molar-refractivity contribution < 1.29 is 14.2 Å². The van der Waals surface area contributed by atoms with E-state index in [2.05, 4.69) is 10.3 Å². The number of nitrogens with one attached hydrogen (secondary N) is 1. The fraction of sp³-hybridized carbons (Fsp3) is 0.278. The Kier molecular flexibility index (Phi) is 9.53.